The Morgan fingerprint density at radius 3 is 2.38 bits per heavy atom. The topological polar surface area (TPSA) is 12.0 Å². The van der Waals surface area contributed by atoms with Crippen LogP contribution in [0.3, 0.4) is 0 Å². The van der Waals surface area contributed by atoms with Gasteiger partial charge in [-0.25, -0.2) is 0 Å². The third-order valence-corrected chi connectivity index (χ3v) is 8.93. The minimum absolute atomic E-state index is 0.491. The SMILES string of the molecule is C=C(CNCCC)C1CCC(C2CCC3CC(C)CCC3C2)C1(C)CC. The quantitative estimate of drug-likeness (QED) is 0.387. The van der Waals surface area contributed by atoms with Crippen molar-refractivity contribution in [2.45, 2.75) is 91.9 Å². The van der Waals surface area contributed by atoms with Crippen LogP contribution in [0.1, 0.15) is 91.9 Å². The lowest BCUT2D eigenvalue weighted by Gasteiger charge is -2.47. The Kier molecular flexibility index (Phi) is 6.92. The summed E-state index contributed by atoms with van der Waals surface area (Å²) in [5.74, 6) is 5.79. The van der Waals surface area contributed by atoms with Gasteiger partial charge < -0.3 is 5.32 Å². The molecular weight excluding hydrogens is 314 g/mol. The van der Waals surface area contributed by atoms with Crippen LogP contribution in [0.4, 0.5) is 0 Å². The van der Waals surface area contributed by atoms with Crippen LogP contribution in [0.5, 0.6) is 0 Å². The summed E-state index contributed by atoms with van der Waals surface area (Å²) in [4.78, 5) is 0. The maximum absolute atomic E-state index is 4.54. The largest absolute Gasteiger partial charge is 0.313 e. The first-order chi connectivity index (χ1) is 12.5. The standard InChI is InChI=1S/C25H45N/c1-6-14-26-17-19(4)23-12-13-24(25(23,5)7-2)22-11-10-20-15-18(3)8-9-21(20)16-22/h18,20-24,26H,4,6-17H2,1-3,5H3. The van der Waals surface area contributed by atoms with Crippen LogP contribution in [0.25, 0.3) is 0 Å². The molecule has 3 saturated carbocycles. The minimum atomic E-state index is 0.491. The van der Waals surface area contributed by atoms with Crippen LogP contribution in [-0.2, 0) is 0 Å². The lowest BCUT2D eigenvalue weighted by Crippen LogP contribution is -2.39. The molecule has 26 heavy (non-hydrogen) atoms. The van der Waals surface area contributed by atoms with Crippen LogP contribution >= 0.6 is 0 Å². The molecule has 3 rings (SSSR count). The summed E-state index contributed by atoms with van der Waals surface area (Å²) in [5, 5.41) is 3.61. The molecule has 0 spiro atoms. The van der Waals surface area contributed by atoms with Crippen molar-refractivity contribution in [2.75, 3.05) is 13.1 Å². The van der Waals surface area contributed by atoms with E-state index >= 15 is 0 Å². The van der Waals surface area contributed by atoms with E-state index in [9.17, 15) is 0 Å². The molecular formula is C25H45N. The lowest BCUT2D eigenvalue weighted by molar-refractivity contribution is 0.0349. The van der Waals surface area contributed by atoms with Crippen molar-refractivity contribution in [1.82, 2.24) is 5.32 Å². The zero-order valence-corrected chi connectivity index (χ0v) is 18.2. The first-order valence-electron chi connectivity index (χ1n) is 11.9. The van der Waals surface area contributed by atoms with Crippen LogP contribution in [0, 0.1) is 40.9 Å². The summed E-state index contributed by atoms with van der Waals surface area (Å²) in [6.45, 7) is 16.5. The van der Waals surface area contributed by atoms with Gasteiger partial charge in [-0.2, -0.15) is 0 Å². The smallest absolute Gasteiger partial charge is 0.0164 e. The summed E-state index contributed by atoms with van der Waals surface area (Å²) >= 11 is 0. The summed E-state index contributed by atoms with van der Waals surface area (Å²) < 4.78 is 0. The average Bonchev–Trinajstić information content (AvgIpc) is 2.99. The molecule has 3 fully saturated rings. The molecule has 0 amide bonds. The normalized spacial score (nSPS) is 43.2. The van der Waals surface area contributed by atoms with Crippen LogP contribution in [0.2, 0.25) is 0 Å². The third-order valence-electron chi connectivity index (χ3n) is 8.93. The molecule has 3 aliphatic rings. The molecule has 7 atom stereocenters. The molecule has 0 aliphatic heterocycles. The average molecular weight is 360 g/mol. The van der Waals surface area contributed by atoms with Crippen molar-refractivity contribution in [3.8, 4) is 0 Å². The fourth-order valence-electron chi connectivity index (χ4n) is 7.29. The maximum Gasteiger partial charge on any atom is 0.0164 e. The van der Waals surface area contributed by atoms with E-state index in [0.717, 1.165) is 48.6 Å². The highest BCUT2D eigenvalue weighted by atomic mass is 14.8. The molecule has 0 heterocycles. The van der Waals surface area contributed by atoms with Gasteiger partial charge in [-0.15, -0.1) is 0 Å². The molecule has 7 unspecified atom stereocenters. The van der Waals surface area contributed by atoms with Crippen LogP contribution in [0.15, 0.2) is 12.2 Å². The van der Waals surface area contributed by atoms with E-state index in [4.69, 9.17) is 0 Å². The Balaban J connectivity index is 1.64. The Hall–Kier alpha value is -0.300. The maximum atomic E-state index is 4.54. The van der Waals surface area contributed by atoms with E-state index in [-0.39, 0.29) is 0 Å². The van der Waals surface area contributed by atoms with Gasteiger partial charge in [-0.3, -0.25) is 0 Å². The van der Waals surface area contributed by atoms with Gasteiger partial charge in [-0.1, -0.05) is 46.3 Å². The molecule has 1 N–H and O–H groups in total. The highest BCUT2D eigenvalue weighted by molar-refractivity contribution is 5.14. The summed E-state index contributed by atoms with van der Waals surface area (Å²) in [6, 6.07) is 0. The number of fused-ring (bicyclic) bond motifs is 1. The van der Waals surface area contributed by atoms with Gasteiger partial charge in [-0.05, 0) is 105 Å². The molecule has 1 nitrogen and oxygen atoms in total. The Labute approximate surface area is 163 Å². The molecule has 1 heteroatoms. The molecule has 3 aliphatic carbocycles. The van der Waals surface area contributed by atoms with Crippen molar-refractivity contribution in [3.05, 3.63) is 12.2 Å². The molecule has 0 radical (unpaired) electrons. The fraction of sp³-hybridized carbons (Fsp3) is 0.920. The third kappa shape index (κ3) is 4.08. The molecule has 0 aromatic carbocycles. The first kappa shape index (κ1) is 20.4. The van der Waals surface area contributed by atoms with Crippen molar-refractivity contribution in [3.63, 3.8) is 0 Å². The molecule has 150 valence electrons. The van der Waals surface area contributed by atoms with Gasteiger partial charge in [0.15, 0.2) is 0 Å². The van der Waals surface area contributed by atoms with Gasteiger partial charge in [0.25, 0.3) is 0 Å². The van der Waals surface area contributed by atoms with E-state index < -0.39 is 0 Å². The van der Waals surface area contributed by atoms with Crippen LogP contribution in [-0.4, -0.2) is 13.1 Å². The zero-order chi connectivity index (χ0) is 18.7. The van der Waals surface area contributed by atoms with E-state index in [0.29, 0.717) is 5.41 Å². The van der Waals surface area contributed by atoms with Gasteiger partial charge >= 0.3 is 0 Å². The monoisotopic (exact) mass is 359 g/mol. The van der Waals surface area contributed by atoms with Crippen LogP contribution < -0.4 is 5.32 Å². The van der Waals surface area contributed by atoms with Crippen molar-refractivity contribution < 1.29 is 0 Å². The highest BCUT2D eigenvalue weighted by Crippen LogP contribution is 2.59. The zero-order valence-electron chi connectivity index (χ0n) is 18.2. The second kappa shape index (κ2) is 8.80. The van der Waals surface area contributed by atoms with E-state index in [2.05, 4.69) is 39.6 Å². The second-order valence-corrected chi connectivity index (χ2v) is 10.4. The Bertz CT molecular complexity index is 469. The molecule has 0 aromatic heterocycles. The lowest BCUT2D eigenvalue weighted by atomic mass is 9.58. The first-order valence-corrected chi connectivity index (χ1v) is 11.9. The summed E-state index contributed by atoms with van der Waals surface area (Å²) in [6.07, 6.45) is 14.5. The van der Waals surface area contributed by atoms with Gasteiger partial charge in [0.1, 0.15) is 0 Å². The van der Waals surface area contributed by atoms with Gasteiger partial charge in [0, 0.05) is 6.54 Å². The van der Waals surface area contributed by atoms with Crippen molar-refractivity contribution in [2.24, 2.45) is 40.9 Å². The Morgan fingerprint density at radius 1 is 0.962 bits per heavy atom. The van der Waals surface area contributed by atoms with Gasteiger partial charge in [0.05, 0.1) is 0 Å². The van der Waals surface area contributed by atoms with E-state index in [1.807, 2.05) is 0 Å². The Morgan fingerprint density at radius 2 is 1.65 bits per heavy atom. The number of rotatable bonds is 7. The summed E-state index contributed by atoms with van der Waals surface area (Å²) in [5.41, 5.74) is 1.98. The van der Waals surface area contributed by atoms with Crippen molar-refractivity contribution in [1.29, 1.82) is 0 Å². The predicted octanol–water partition coefficient (Wildman–Crippen LogP) is 6.84. The summed E-state index contributed by atoms with van der Waals surface area (Å²) in [7, 11) is 0. The molecule has 0 bridgehead atoms. The number of hydrogen-bond donors (Lipinski definition) is 1. The second-order valence-electron chi connectivity index (χ2n) is 10.4. The van der Waals surface area contributed by atoms with E-state index in [1.54, 1.807) is 6.42 Å². The minimum Gasteiger partial charge on any atom is -0.313 e. The number of nitrogens with one attached hydrogen (secondary N) is 1. The molecule has 0 aromatic rings. The number of hydrogen-bond acceptors (Lipinski definition) is 1. The van der Waals surface area contributed by atoms with Gasteiger partial charge in [0.2, 0.25) is 0 Å². The van der Waals surface area contributed by atoms with Crippen molar-refractivity contribution >= 4 is 0 Å². The molecule has 0 saturated heterocycles. The predicted molar refractivity (Wildman–Crippen MR) is 114 cm³/mol. The highest BCUT2D eigenvalue weighted by Gasteiger charge is 2.50. The van der Waals surface area contributed by atoms with E-state index in [1.165, 1.54) is 63.4 Å². The fourth-order valence-corrected chi connectivity index (χ4v) is 7.29.